The Morgan fingerprint density at radius 3 is 2.48 bits per heavy atom. The number of hydrogen-bond acceptors (Lipinski definition) is 6. The predicted molar refractivity (Wildman–Crippen MR) is 74.4 cm³/mol. The van der Waals surface area contributed by atoms with Crippen molar-refractivity contribution in [3.05, 3.63) is 33.9 Å². The van der Waals surface area contributed by atoms with Crippen LogP contribution in [0, 0.1) is 32.8 Å². The van der Waals surface area contributed by atoms with Crippen LogP contribution in [0.25, 0.3) is 0 Å². The number of para-hydroxylation sites is 1. The quantitative estimate of drug-likeness (QED) is 0.480. The first-order valence-electron chi connectivity index (χ1n) is 6.11. The Kier molecular flexibility index (Phi) is 5.66. The molecular weight excluding hydrogens is 274 g/mol. The van der Waals surface area contributed by atoms with Gasteiger partial charge in [-0.25, -0.2) is 0 Å². The molecule has 0 heterocycles. The summed E-state index contributed by atoms with van der Waals surface area (Å²) in [4.78, 5) is 23.8. The van der Waals surface area contributed by atoms with Crippen LogP contribution in [-0.2, 0) is 0 Å². The number of nitro benzene ring substituents is 1. The lowest BCUT2D eigenvalue weighted by Gasteiger charge is -2.16. The lowest BCUT2D eigenvalue weighted by Crippen LogP contribution is -2.32. The van der Waals surface area contributed by atoms with E-state index in [9.17, 15) is 14.9 Å². The van der Waals surface area contributed by atoms with Crippen molar-refractivity contribution in [2.24, 2.45) is 0 Å². The average molecular weight is 287 g/mol. The van der Waals surface area contributed by atoms with E-state index in [2.05, 4.69) is 5.32 Å². The molecule has 1 N–H and O–H groups in total. The lowest BCUT2D eigenvalue weighted by atomic mass is 10.1. The second-order valence-electron chi connectivity index (χ2n) is 3.97. The number of amides is 1. The van der Waals surface area contributed by atoms with E-state index >= 15 is 0 Å². The highest BCUT2D eigenvalue weighted by Crippen LogP contribution is 2.29. The summed E-state index contributed by atoms with van der Waals surface area (Å²) in [5.74, 6) is -0.718. The number of carbonyl (C=O) groups is 1. The van der Waals surface area contributed by atoms with Gasteiger partial charge >= 0.3 is 5.69 Å². The molecule has 0 saturated heterocycles. The molecule has 21 heavy (non-hydrogen) atoms. The topological polar surface area (TPSA) is 123 Å². The van der Waals surface area contributed by atoms with Gasteiger partial charge in [-0.1, -0.05) is 6.07 Å². The van der Waals surface area contributed by atoms with E-state index in [1.807, 2.05) is 0 Å². The van der Waals surface area contributed by atoms with Gasteiger partial charge in [0.1, 0.15) is 24.3 Å². The molecule has 0 saturated carbocycles. The Balaban J connectivity index is 3.32. The normalized spacial score (nSPS) is 9.29. The maximum Gasteiger partial charge on any atom is 0.305 e. The minimum Gasteiger partial charge on any atom is -0.380 e. The van der Waals surface area contributed by atoms with Crippen molar-refractivity contribution in [2.45, 2.75) is 6.92 Å². The van der Waals surface area contributed by atoms with Crippen LogP contribution < -0.4 is 5.32 Å². The van der Waals surface area contributed by atoms with Crippen molar-refractivity contribution >= 4 is 17.3 Å². The number of nitrogens with zero attached hydrogens (tertiary/aromatic N) is 4. The summed E-state index contributed by atoms with van der Waals surface area (Å²) in [7, 11) is 0. The first-order chi connectivity index (χ1) is 10.1. The molecular formula is C13H13N5O3. The van der Waals surface area contributed by atoms with Crippen molar-refractivity contribution in [3.63, 3.8) is 0 Å². The fraction of sp³-hybridized carbons (Fsp3) is 0.308. The number of nitriles is 2. The molecule has 0 atom stereocenters. The third-order valence-electron chi connectivity index (χ3n) is 2.63. The van der Waals surface area contributed by atoms with Crippen LogP contribution in [0.15, 0.2) is 18.2 Å². The molecule has 1 aromatic carbocycles. The van der Waals surface area contributed by atoms with Gasteiger partial charge in [-0.2, -0.15) is 10.5 Å². The van der Waals surface area contributed by atoms with E-state index in [1.54, 1.807) is 19.1 Å². The van der Waals surface area contributed by atoms with E-state index in [0.29, 0.717) is 6.54 Å². The number of anilines is 1. The molecule has 1 aromatic rings. The highest BCUT2D eigenvalue weighted by Gasteiger charge is 2.27. The third kappa shape index (κ3) is 3.67. The summed E-state index contributed by atoms with van der Waals surface area (Å²) in [6.07, 6.45) is 0. The second kappa shape index (κ2) is 7.46. The largest absolute Gasteiger partial charge is 0.380 e. The van der Waals surface area contributed by atoms with Gasteiger partial charge < -0.3 is 10.2 Å². The maximum absolute atomic E-state index is 12.3. The second-order valence-corrected chi connectivity index (χ2v) is 3.97. The fourth-order valence-corrected chi connectivity index (χ4v) is 1.79. The van der Waals surface area contributed by atoms with Crippen LogP contribution in [0.1, 0.15) is 17.3 Å². The zero-order chi connectivity index (χ0) is 15.8. The molecule has 0 fully saturated rings. The van der Waals surface area contributed by atoms with Crippen molar-refractivity contribution in [3.8, 4) is 12.1 Å². The zero-order valence-electron chi connectivity index (χ0n) is 11.4. The molecule has 8 heteroatoms. The molecule has 0 aliphatic carbocycles. The molecule has 0 bridgehead atoms. The summed E-state index contributed by atoms with van der Waals surface area (Å²) in [5.41, 5.74) is -0.281. The molecule has 0 aliphatic heterocycles. The van der Waals surface area contributed by atoms with Crippen LogP contribution in [0.5, 0.6) is 0 Å². The van der Waals surface area contributed by atoms with Gasteiger partial charge in [0, 0.05) is 6.54 Å². The smallest absolute Gasteiger partial charge is 0.305 e. The fourth-order valence-electron chi connectivity index (χ4n) is 1.79. The highest BCUT2D eigenvalue weighted by atomic mass is 16.6. The Labute approximate surface area is 121 Å². The van der Waals surface area contributed by atoms with Gasteiger partial charge in [-0.05, 0) is 19.1 Å². The Hall–Kier alpha value is -3.13. The third-order valence-corrected chi connectivity index (χ3v) is 2.63. The minimum atomic E-state index is -0.718. The summed E-state index contributed by atoms with van der Waals surface area (Å²) in [5, 5.41) is 31.4. The summed E-state index contributed by atoms with van der Waals surface area (Å²) in [6.45, 7) is 1.61. The van der Waals surface area contributed by atoms with Gasteiger partial charge in [0.15, 0.2) is 0 Å². The van der Waals surface area contributed by atoms with Gasteiger partial charge in [0.25, 0.3) is 5.91 Å². The predicted octanol–water partition coefficient (Wildman–Crippen LogP) is 1.52. The molecule has 0 radical (unpaired) electrons. The number of rotatable bonds is 6. The monoisotopic (exact) mass is 287 g/mol. The molecule has 0 spiro atoms. The number of nitrogens with one attached hydrogen (secondary N) is 1. The maximum atomic E-state index is 12.3. The Morgan fingerprint density at radius 1 is 1.38 bits per heavy atom. The number of carbonyl (C=O) groups excluding carboxylic acids is 1. The number of nitro groups is 1. The van der Waals surface area contributed by atoms with Crippen LogP contribution >= 0.6 is 0 Å². The summed E-state index contributed by atoms with van der Waals surface area (Å²) < 4.78 is 0. The van der Waals surface area contributed by atoms with Crippen LogP contribution in [-0.4, -0.2) is 35.4 Å². The van der Waals surface area contributed by atoms with Crippen LogP contribution in [0.4, 0.5) is 11.4 Å². The van der Waals surface area contributed by atoms with E-state index in [4.69, 9.17) is 10.5 Å². The van der Waals surface area contributed by atoms with Crippen LogP contribution in [0.2, 0.25) is 0 Å². The Morgan fingerprint density at radius 2 is 2.00 bits per heavy atom. The van der Waals surface area contributed by atoms with Crippen molar-refractivity contribution < 1.29 is 9.72 Å². The standard InChI is InChI=1S/C13H13N5O3/c1-2-16-11-5-3-4-10(12(11)18(20)21)13(19)17(8-6-14)9-7-15/h3-5,16H,2,8-9H2,1H3. The van der Waals surface area contributed by atoms with Gasteiger partial charge in [-0.3, -0.25) is 14.9 Å². The van der Waals surface area contributed by atoms with Gasteiger partial charge in [-0.15, -0.1) is 0 Å². The highest BCUT2D eigenvalue weighted by molar-refractivity contribution is 6.00. The Bertz CT molecular complexity index is 614. The van der Waals surface area contributed by atoms with Crippen molar-refractivity contribution in [1.29, 1.82) is 10.5 Å². The summed E-state index contributed by atoms with van der Waals surface area (Å²) >= 11 is 0. The van der Waals surface area contributed by atoms with Crippen LogP contribution in [0.3, 0.4) is 0 Å². The van der Waals surface area contributed by atoms with Gasteiger partial charge in [0.05, 0.1) is 17.1 Å². The number of hydrogen-bond donors (Lipinski definition) is 1. The SMILES string of the molecule is CCNc1cccc(C(=O)N(CC#N)CC#N)c1[N+](=O)[O-]. The summed E-state index contributed by atoms with van der Waals surface area (Å²) in [6, 6.07) is 7.84. The minimum absolute atomic E-state index is 0.149. The molecule has 0 aromatic heterocycles. The zero-order valence-corrected chi connectivity index (χ0v) is 11.4. The van der Waals surface area contributed by atoms with Crippen molar-refractivity contribution in [2.75, 3.05) is 25.0 Å². The molecule has 108 valence electrons. The lowest BCUT2D eigenvalue weighted by molar-refractivity contribution is -0.384. The van der Waals surface area contributed by atoms with E-state index in [-0.39, 0.29) is 30.0 Å². The molecule has 1 rings (SSSR count). The first-order valence-corrected chi connectivity index (χ1v) is 6.11. The molecule has 1 amide bonds. The number of benzene rings is 1. The molecule has 0 unspecified atom stereocenters. The van der Waals surface area contributed by atoms with E-state index in [0.717, 1.165) is 4.90 Å². The van der Waals surface area contributed by atoms with E-state index in [1.165, 1.54) is 18.2 Å². The first kappa shape index (κ1) is 15.9. The molecule has 0 aliphatic rings. The molecule has 8 nitrogen and oxygen atoms in total. The van der Waals surface area contributed by atoms with Crippen molar-refractivity contribution in [1.82, 2.24) is 4.90 Å². The van der Waals surface area contributed by atoms with E-state index < -0.39 is 10.8 Å². The average Bonchev–Trinajstić information content (AvgIpc) is 2.46. The van der Waals surface area contributed by atoms with Gasteiger partial charge in [0.2, 0.25) is 0 Å².